The van der Waals surface area contributed by atoms with E-state index in [0.29, 0.717) is 24.2 Å². The molecule has 3 aromatic carbocycles. The number of benzene rings is 3. The Labute approximate surface area is 219 Å². The number of unbranched alkanes of at least 4 members (excludes halogenated alkanes) is 3. The number of morpholine rings is 1. The monoisotopic (exact) mass is 499 g/mol. The first-order valence-corrected chi connectivity index (χ1v) is 13.2. The van der Waals surface area contributed by atoms with Gasteiger partial charge in [0.05, 0.1) is 18.0 Å². The zero-order valence-electron chi connectivity index (χ0n) is 21.6. The van der Waals surface area contributed by atoms with E-state index in [4.69, 9.17) is 10.5 Å². The Morgan fingerprint density at radius 3 is 2.19 bits per heavy atom. The number of nitrogens with one attached hydrogen (secondary N) is 2. The van der Waals surface area contributed by atoms with Gasteiger partial charge < -0.3 is 21.1 Å². The molecule has 4 rings (SSSR count). The van der Waals surface area contributed by atoms with E-state index in [9.17, 15) is 9.59 Å². The molecule has 0 aromatic heterocycles. The predicted molar refractivity (Wildman–Crippen MR) is 150 cm³/mol. The van der Waals surface area contributed by atoms with Gasteiger partial charge in [0.25, 0.3) is 0 Å². The molecule has 0 aliphatic carbocycles. The second kappa shape index (κ2) is 12.7. The SMILES string of the molecule is CC1(c2ccc(-c3ccc(C(=O)CCCCCCC(=O)Nc4ccccc4N)cc3)cc2)CNCCO1. The third kappa shape index (κ3) is 7.28. The van der Waals surface area contributed by atoms with Gasteiger partial charge in [-0.15, -0.1) is 0 Å². The van der Waals surface area contributed by atoms with Gasteiger partial charge >= 0.3 is 0 Å². The summed E-state index contributed by atoms with van der Waals surface area (Å²) in [6.45, 7) is 4.54. The van der Waals surface area contributed by atoms with Crippen molar-refractivity contribution in [2.75, 3.05) is 30.7 Å². The van der Waals surface area contributed by atoms with Crippen LogP contribution in [-0.2, 0) is 15.1 Å². The van der Waals surface area contributed by atoms with Crippen LogP contribution in [0.2, 0.25) is 0 Å². The third-order valence-electron chi connectivity index (χ3n) is 6.99. The molecule has 1 aliphatic rings. The van der Waals surface area contributed by atoms with Gasteiger partial charge in [0.1, 0.15) is 5.60 Å². The summed E-state index contributed by atoms with van der Waals surface area (Å²) in [5, 5.41) is 6.25. The predicted octanol–water partition coefficient (Wildman–Crippen LogP) is 5.93. The summed E-state index contributed by atoms with van der Waals surface area (Å²) >= 11 is 0. The topological polar surface area (TPSA) is 93.5 Å². The van der Waals surface area contributed by atoms with E-state index in [0.717, 1.165) is 67.6 Å². The molecule has 1 heterocycles. The Hall–Kier alpha value is -3.48. The first kappa shape index (κ1) is 26.6. The smallest absolute Gasteiger partial charge is 0.224 e. The molecule has 37 heavy (non-hydrogen) atoms. The molecule has 1 fully saturated rings. The number of nitrogen functional groups attached to an aromatic ring is 1. The van der Waals surface area contributed by atoms with Gasteiger partial charge in [-0.05, 0) is 48.6 Å². The number of Topliss-reactive ketones (excluding diaryl/α,β-unsaturated/α-hetero) is 1. The van der Waals surface area contributed by atoms with E-state index in [1.165, 1.54) is 0 Å². The Morgan fingerprint density at radius 2 is 1.54 bits per heavy atom. The van der Waals surface area contributed by atoms with Crippen molar-refractivity contribution in [3.63, 3.8) is 0 Å². The highest BCUT2D eigenvalue weighted by molar-refractivity contribution is 5.96. The first-order valence-electron chi connectivity index (χ1n) is 13.2. The molecule has 0 spiro atoms. The van der Waals surface area contributed by atoms with E-state index in [1.54, 1.807) is 12.1 Å². The van der Waals surface area contributed by atoms with Crippen molar-refractivity contribution >= 4 is 23.1 Å². The molecular weight excluding hydrogens is 462 g/mol. The Kier molecular flexibility index (Phi) is 9.09. The van der Waals surface area contributed by atoms with Crippen LogP contribution < -0.4 is 16.4 Å². The molecule has 6 nitrogen and oxygen atoms in total. The summed E-state index contributed by atoms with van der Waals surface area (Å²) in [7, 11) is 0. The van der Waals surface area contributed by atoms with Crippen molar-refractivity contribution in [1.29, 1.82) is 0 Å². The van der Waals surface area contributed by atoms with E-state index in [1.807, 2.05) is 36.4 Å². The van der Waals surface area contributed by atoms with Crippen LogP contribution in [0, 0.1) is 0 Å². The highest BCUT2D eigenvalue weighted by Gasteiger charge is 2.29. The van der Waals surface area contributed by atoms with Gasteiger partial charge in [-0.2, -0.15) is 0 Å². The minimum Gasteiger partial charge on any atom is -0.397 e. The molecule has 0 bridgehead atoms. The molecule has 0 radical (unpaired) electrons. The van der Waals surface area contributed by atoms with E-state index in [2.05, 4.69) is 41.8 Å². The molecule has 1 amide bonds. The van der Waals surface area contributed by atoms with Crippen LogP contribution >= 0.6 is 0 Å². The van der Waals surface area contributed by atoms with Gasteiger partial charge in [-0.3, -0.25) is 9.59 Å². The Morgan fingerprint density at radius 1 is 0.892 bits per heavy atom. The number of rotatable bonds is 11. The fraction of sp³-hybridized carbons (Fsp3) is 0.355. The molecule has 194 valence electrons. The standard InChI is InChI=1S/C31H37N3O3/c1-31(22-33-20-21-37-31)26-18-16-24(17-19-26)23-12-14-25(15-13-23)29(35)10-4-2-3-5-11-30(36)34-28-9-7-6-8-27(28)32/h6-9,12-19,33H,2-5,10-11,20-22,32H2,1H3,(H,34,36). The molecule has 4 N–H and O–H groups in total. The molecular formula is C31H37N3O3. The zero-order chi connectivity index (χ0) is 26.1. The minimum absolute atomic E-state index is 0.0303. The van der Waals surface area contributed by atoms with Crippen molar-refractivity contribution in [1.82, 2.24) is 5.32 Å². The number of nitrogens with two attached hydrogens (primary N) is 1. The van der Waals surface area contributed by atoms with Crippen LogP contribution in [0.5, 0.6) is 0 Å². The van der Waals surface area contributed by atoms with Gasteiger partial charge in [-0.25, -0.2) is 0 Å². The molecule has 6 heteroatoms. The van der Waals surface area contributed by atoms with Crippen LogP contribution in [0.1, 0.15) is 61.4 Å². The van der Waals surface area contributed by atoms with Gasteiger partial charge in [0, 0.05) is 31.5 Å². The third-order valence-corrected chi connectivity index (χ3v) is 6.99. The lowest BCUT2D eigenvalue weighted by atomic mass is 9.92. The Balaban J connectivity index is 1.17. The first-order chi connectivity index (χ1) is 17.9. The number of hydrogen-bond acceptors (Lipinski definition) is 5. The fourth-order valence-electron chi connectivity index (χ4n) is 4.67. The zero-order valence-corrected chi connectivity index (χ0v) is 21.6. The number of amides is 1. The van der Waals surface area contributed by atoms with Gasteiger partial charge in [0.2, 0.25) is 5.91 Å². The quantitative estimate of drug-likeness (QED) is 0.173. The summed E-state index contributed by atoms with van der Waals surface area (Å²) in [4.78, 5) is 24.7. The van der Waals surface area contributed by atoms with Crippen LogP contribution in [0.4, 0.5) is 11.4 Å². The molecule has 1 atom stereocenters. The lowest BCUT2D eigenvalue weighted by Crippen LogP contribution is -2.45. The maximum absolute atomic E-state index is 12.6. The van der Waals surface area contributed by atoms with Crippen LogP contribution in [0.25, 0.3) is 11.1 Å². The summed E-state index contributed by atoms with van der Waals surface area (Å²) in [6.07, 6.45) is 4.43. The van der Waals surface area contributed by atoms with Crippen LogP contribution in [-0.4, -0.2) is 31.4 Å². The number of anilines is 2. The van der Waals surface area contributed by atoms with Crippen molar-refractivity contribution in [3.8, 4) is 11.1 Å². The molecule has 3 aromatic rings. The summed E-state index contributed by atoms with van der Waals surface area (Å²) in [5.74, 6) is 0.131. The number of carbonyl (C=O) groups is 2. The van der Waals surface area contributed by atoms with E-state index in [-0.39, 0.29) is 17.3 Å². The average molecular weight is 500 g/mol. The molecule has 1 aliphatic heterocycles. The van der Waals surface area contributed by atoms with Gasteiger partial charge in [-0.1, -0.05) is 73.5 Å². The highest BCUT2D eigenvalue weighted by atomic mass is 16.5. The van der Waals surface area contributed by atoms with Crippen LogP contribution in [0.3, 0.4) is 0 Å². The molecule has 1 saturated heterocycles. The summed E-state index contributed by atoms with van der Waals surface area (Å²) in [6, 6.07) is 23.6. The maximum atomic E-state index is 12.6. The largest absolute Gasteiger partial charge is 0.397 e. The van der Waals surface area contributed by atoms with E-state index >= 15 is 0 Å². The fourth-order valence-corrected chi connectivity index (χ4v) is 4.67. The minimum atomic E-state index is -0.295. The number of carbonyl (C=O) groups excluding carboxylic acids is 2. The average Bonchev–Trinajstić information content (AvgIpc) is 2.92. The number of ketones is 1. The Bertz CT molecular complexity index is 1180. The number of para-hydroxylation sites is 2. The molecule has 1 unspecified atom stereocenters. The lowest BCUT2D eigenvalue weighted by molar-refractivity contribution is -0.116. The summed E-state index contributed by atoms with van der Waals surface area (Å²) in [5.41, 5.74) is 10.9. The van der Waals surface area contributed by atoms with Crippen molar-refractivity contribution < 1.29 is 14.3 Å². The van der Waals surface area contributed by atoms with E-state index < -0.39 is 0 Å². The number of hydrogen-bond donors (Lipinski definition) is 3. The summed E-state index contributed by atoms with van der Waals surface area (Å²) < 4.78 is 6.01. The number of ether oxygens (including phenoxy) is 1. The van der Waals surface area contributed by atoms with Crippen molar-refractivity contribution in [2.24, 2.45) is 0 Å². The second-order valence-electron chi connectivity index (χ2n) is 9.88. The van der Waals surface area contributed by atoms with Crippen molar-refractivity contribution in [3.05, 3.63) is 83.9 Å². The lowest BCUT2D eigenvalue weighted by Gasteiger charge is -2.35. The second-order valence-corrected chi connectivity index (χ2v) is 9.88. The normalized spacial score (nSPS) is 17.3. The van der Waals surface area contributed by atoms with Gasteiger partial charge in [0.15, 0.2) is 5.78 Å². The maximum Gasteiger partial charge on any atom is 0.224 e. The van der Waals surface area contributed by atoms with Crippen molar-refractivity contribution in [2.45, 2.75) is 51.0 Å². The highest BCUT2D eigenvalue weighted by Crippen LogP contribution is 2.29. The molecule has 0 saturated carbocycles. The van der Waals surface area contributed by atoms with Crippen LogP contribution in [0.15, 0.2) is 72.8 Å².